The highest BCUT2D eigenvalue weighted by molar-refractivity contribution is 5.69. The van der Waals surface area contributed by atoms with Gasteiger partial charge in [-0.25, -0.2) is 0 Å². The average Bonchev–Trinajstić information content (AvgIpc) is 3.19. The number of hydrogen-bond acceptors (Lipinski definition) is 14. The Hall–Kier alpha value is -1.95. The summed E-state index contributed by atoms with van der Waals surface area (Å²) < 4.78 is 70.9. The number of hydrogen-bond donors (Lipinski definition) is 0. The number of rotatable bonds is 45. The lowest BCUT2D eigenvalue weighted by atomic mass is 10.0. The van der Waals surface area contributed by atoms with E-state index >= 15 is 0 Å². The Morgan fingerprint density at radius 2 is 0.727 bits per heavy atom. The zero-order valence-corrected chi connectivity index (χ0v) is 34.2. The van der Waals surface area contributed by atoms with Crippen LogP contribution in [0.1, 0.15) is 64.4 Å². The van der Waals surface area contributed by atoms with E-state index < -0.39 is 0 Å². The van der Waals surface area contributed by atoms with Crippen molar-refractivity contribution in [1.29, 1.82) is 0 Å². The zero-order chi connectivity index (χ0) is 39.4. The molecule has 14 nitrogen and oxygen atoms in total. The summed E-state index contributed by atoms with van der Waals surface area (Å²) in [4.78, 5) is 11.2. The van der Waals surface area contributed by atoms with E-state index in [9.17, 15) is 4.79 Å². The van der Waals surface area contributed by atoms with Crippen LogP contribution < -0.4 is 4.74 Å². The van der Waals surface area contributed by atoms with Crippen molar-refractivity contribution in [2.75, 3.05) is 159 Å². The molecule has 0 radical (unpaired) electrons. The van der Waals surface area contributed by atoms with Crippen LogP contribution in [0, 0.1) is 0 Å². The van der Waals surface area contributed by atoms with Crippen LogP contribution in [0.25, 0.3) is 0 Å². The van der Waals surface area contributed by atoms with Gasteiger partial charge in [0.15, 0.2) is 0 Å². The van der Waals surface area contributed by atoms with E-state index in [-0.39, 0.29) is 12.4 Å². The van der Waals surface area contributed by atoms with Crippen molar-refractivity contribution in [3.05, 3.63) is 29.8 Å². The van der Waals surface area contributed by atoms with E-state index in [0.29, 0.717) is 159 Å². The molecule has 1 aromatic rings. The number of benzene rings is 1. The number of aryl methyl sites for hydroxylation is 1. The second-order valence-electron chi connectivity index (χ2n) is 12.3. The topological polar surface area (TPSA) is 137 Å². The molecule has 0 saturated carbocycles. The fraction of sp³-hybridized carbons (Fsp3) is 0.829. The molecule has 0 bridgehead atoms. The molecule has 0 amide bonds. The van der Waals surface area contributed by atoms with Crippen LogP contribution in [-0.4, -0.2) is 165 Å². The number of carbonyl (C=O) groups excluding carboxylic acids is 1. The molecule has 0 N–H and O–H groups in total. The van der Waals surface area contributed by atoms with Crippen molar-refractivity contribution in [3.63, 3.8) is 0 Å². The Balaban J connectivity index is 1.67. The highest BCUT2D eigenvalue weighted by atomic mass is 16.6. The first-order chi connectivity index (χ1) is 27.3. The van der Waals surface area contributed by atoms with Gasteiger partial charge in [0.25, 0.3) is 0 Å². The van der Waals surface area contributed by atoms with Crippen molar-refractivity contribution in [2.45, 2.75) is 65.2 Å². The maximum Gasteiger partial charge on any atom is 0.308 e. The van der Waals surface area contributed by atoms with Gasteiger partial charge in [-0.3, -0.25) is 4.79 Å². The zero-order valence-electron chi connectivity index (χ0n) is 34.2. The summed E-state index contributed by atoms with van der Waals surface area (Å²) in [5.41, 5.74) is 1.37. The van der Waals surface area contributed by atoms with Crippen LogP contribution in [0.2, 0.25) is 0 Å². The van der Waals surface area contributed by atoms with Gasteiger partial charge in [0.05, 0.1) is 158 Å². The van der Waals surface area contributed by atoms with Crippen molar-refractivity contribution in [3.8, 4) is 5.75 Å². The largest absolute Gasteiger partial charge is 0.491 e. The minimum absolute atomic E-state index is 0.251. The molecule has 0 spiro atoms. The van der Waals surface area contributed by atoms with Crippen LogP contribution in [0.4, 0.5) is 0 Å². The quantitative estimate of drug-likeness (QED) is 0.0640. The third-order valence-corrected chi connectivity index (χ3v) is 7.71. The molecule has 14 heteroatoms. The number of esters is 1. The number of carbonyl (C=O) groups is 1. The Labute approximate surface area is 331 Å². The molecule has 1 aromatic carbocycles. The van der Waals surface area contributed by atoms with Gasteiger partial charge in [0.2, 0.25) is 0 Å². The summed E-state index contributed by atoms with van der Waals surface area (Å²) in [5.74, 6) is 0.631. The lowest BCUT2D eigenvalue weighted by Gasteiger charge is -2.09. The fourth-order valence-corrected chi connectivity index (χ4v) is 4.77. The van der Waals surface area contributed by atoms with E-state index in [2.05, 4.69) is 19.1 Å². The molecule has 55 heavy (non-hydrogen) atoms. The molecule has 322 valence electrons. The molecule has 0 unspecified atom stereocenters. The first-order valence-electron chi connectivity index (χ1n) is 20.5. The smallest absolute Gasteiger partial charge is 0.308 e. The highest BCUT2D eigenvalue weighted by Crippen LogP contribution is 2.15. The predicted octanol–water partition coefficient (Wildman–Crippen LogP) is 5.10. The van der Waals surface area contributed by atoms with Gasteiger partial charge in [-0.1, -0.05) is 51.2 Å². The van der Waals surface area contributed by atoms with Gasteiger partial charge in [0.1, 0.15) is 12.4 Å². The summed E-state index contributed by atoms with van der Waals surface area (Å²) in [6, 6.07) is 8.43. The normalized spacial score (nSPS) is 11.4. The molecule has 1 rings (SSSR count). The van der Waals surface area contributed by atoms with E-state index in [4.69, 9.17) is 61.6 Å². The van der Waals surface area contributed by atoms with E-state index in [1.54, 1.807) is 6.92 Å². The van der Waals surface area contributed by atoms with Crippen LogP contribution in [-0.2, 0) is 68.1 Å². The molecule has 0 aromatic heterocycles. The van der Waals surface area contributed by atoms with Gasteiger partial charge in [0, 0.05) is 0 Å². The van der Waals surface area contributed by atoms with Crippen molar-refractivity contribution < 1.29 is 66.4 Å². The van der Waals surface area contributed by atoms with Gasteiger partial charge in [-0.15, -0.1) is 0 Å². The summed E-state index contributed by atoms with van der Waals surface area (Å²) in [6.07, 6.45) is 9.32. The second-order valence-corrected chi connectivity index (χ2v) is 12.3. The Bertz CT molecular complexity index is 908. The van der Waals surface area contributed by atoms with E-state index in [0.717, 1.165) is 12.2 Å². The Morgan fingerprint density at radius 3 is 1.09 bits per heavy atom. The van der Waals surface area contributed by atoms with Gasteiger partial charge in [-0.05, 0) is 37.5 Å². The first kappa shape index (κ1) is 51.1. The standard InChI is InChI=1S/C41H74O14/c1-3-5-6-7-8-9-10-39-11-13-40(14-12-39)55-38-37-53-36-35-52-34-33-51-32-31-50-30-29-49-28-27-48-26-25-47-24-23-46-22-21-45-20-19-44-18-17-43-16-15-41(42)54-4-2/h11-14H,3-10,15-38H2,1-2H3. The summed E-state index contributed by atoms with van der Waals surface area (Å²) in [7, 11) is 0. The predicted molar refractivity (Wildman–Crippen MR) is 209 cm³/mol. The maximum atomic E-state index is 11.2. The third kappa shape index (κ3) is 38.7. The molecule has 0 atom stereocenters. The molecule has 0 aliphatic rings. The third-order valence-electron chi connectivity index (χ3n) is 7.71. The molecular weight excluding hydrogens is 716 g/mol. The van der Waals surface area contributed by atoms with Gasteiger partial charge < -0.3 is 61.6 Å². The second kappa shape index (κ2) is 43.2. The number of ether oxygens (including phenoxy) is 13. The molecule has 0 fully saturated rings. The number of unbranched alkanes of at least 4 members (excludes halogenated alkanes) is 5. The van der Waals surface area contributed by atoms with E-state index in [1.165, 1.54) is 44.1 Å². The molecule has 0 aliphatic carbocycles. The van der Waals surface area contributed by atoms with Gasteiger partial charge >= 0.3 is 5.97 Å². The molecule has 0 saturated heterocycles. The summed E-state index contributed by atoms with van der Waals surface area (Å²) in [6.45, 7) is 15.7. The monoisotopic (exact) mass is 791 g/mol. The van der Waals surface area contributed by atoms with Crippen LogP contribution in [0.5, 0.6) is 5.75 Å². The average molecular weight is 791 g/mol. The SMILES string of the molecule is CCCCCCCCc1ccc(OCCOCCOCCOCCOCCOCCOCCOCCOCCOCCOCCOCCC(=O)OCC)cc1. The minimum atomic E-state index is -0.251. The minimum Gasteiger partial charge on any atom is -0.491 e. The summed E-state index contributed by atoms with van der Waals surface area (Å²) in [5, 5.41) is 0. The Kier molecular flexibility index (Phi) is 40.1. The van der Waals surface area contributed by atoms with Crippen LogP contribution in [0.15, 0.2) is 24.3 Å². The van der Waals surface area contributed by atoms with Crippen molar-refractivity contribution in [2.24, 2.45) is 0 Å². The van der Waals surface area contributed by atoms with Crippen LogP contribution >= 0.6 is 0 Å². The highest BCUT2D eigenvalue weighted by Gasteiger charge is 2.02. The molecular formula is C41H74O14. The lowest BCUT2D eigenvalue weighted by molar-refractivity contribution is -0.144. The lowest BCUT2D eigenvalue weighted by Crippen LogP contribution is -2.15. The van der Waals surface area contributed by atoms with E-state index in [1.807, 2.05) is 12.1 Å². The maximum absolute atomic E-state index is 11.2. The van der Waals surface area contributed by atoms with Gasteiger partial charge in [-0.2, -0.15) is 0 Å². The fourth-order valence-electron chi connectivity index (χ4n) is 4.77. The van der Waals surface area contributed by atoms with Crippen molar-refractivity contribution in [1.82, 2.24) is 0 Å². The Morgan fingerprint density at radius 1 is 0.400 bits per heavy atom. The molecule has 0 heterocycles. The van der Waals surface area contributed by atoms with Crippen LogP contribution in [0.3, 0.4) is 0 Å². The summed E-state index contributed by atoms with van der Waals surface area (Å²) >= 11 is 0. The first-order valence-corrected chi connectivity index (χ1v) is 20.5. The van der Waals surface area contributed by atoms with Crippen molar-refractivity contribution >= 4 is 5.97 Å². The molecule has 0 aliphatic heterocycles.